The van der Waals surface area contributed by atoms with Gasteiger partial charge in [0.25, 0.3) is 0 Å². The zero-order valence-electron chi connectivity index (χ0n) is 8.48. The second-order valence-corrected chi connectivity index (χ2v) is 4.60. The van der Waals surface area contributed by atoms with E-state index in [2.05, 4.69) is 27.7 Å². The van der Waals surface area contributed by atoms with Crippen LogP contribution in [0.5, 0.6) is 0 Å². The van der Waals surface area contributed by atoms with Crippen molar-refractivity contribution in [3.05, 3.63) is 11.6 Å². The largest absolute Gasteiger partial charge is 0.295 e. The van der Waals surface area contributed by atoms with Crippen LogP contribution < -0.4 is 0 Å². The highest BCUT2D eigenvalue weighted by Gasteiger charge is 2.29. The Balaban J connectivity index is 2.96. The van der Waals surface area contributed by atoms with Gasteiger partial charge in [0.2, 0.25) is 0 Å². The first kappa shape index (κ1) is 9.50. The Morgan fingerprint density at radius 3 is 2.42 bits per heavy atom. The number of rotatable bonds is 1. The predicted molar refractivity (Wildman–Crippen MR) is 50.9 cm³/mol. The first-order valence-corrected chi connectivity index (χ1v) is 4.68. The van der Waals surface area contributed by atoms with Crippen LogP contribution in [0.3, 0.4) is 0 Å². The summed E-state index contributed by atoms with van der Waals surface area (Å²) in [5.41, 5.74) is 1.56. The molecule has 0 amide bonds. The molecule has 68 valence electrons. The minimum Gasteiger partial charge on any atom is -0.295 e. The van der Waals surface area contributed by atoms with Gasteiger partial charge in [-0.15, -0.1) is 0 Å². The molecular formula is C11H18O. The summed E-state index contributed by atoms with van der Waals surface area (Å²) in [6, 6.07) is 0. The van der Waals surface area contributed by atoms with Crippen LogP contribution in [-0.2, 0) is 4.79 Å². The summed E-state index contributed by atoms with van der Waals surface area (Å²) >= 11 is 0. The van der Waals surface area contributed by atoms with Gasteiger partial charge in [0.15, 0.2) is 5.78 Å². The maximum atomic E-state index is 11.2. The standard InChI is InChI=1S/C11H18O/c1-8(2)10-7-9(12)5-6-11(10,3)4/h7-8H,5-6H2,1-4H3. The molecule has 0 aliphatic heterocycles. The minimum absolute atomic E-state index is 0.238. The first-order chi connectivity index (χ1) is 5.43. The van der Waals surface area contributed by atoms with Crippen LogP contribution in [-0.4, -0.2) is 5.78 Å². The molecule has 0 unspecified atom stereocenters. The van der Waals surface area contributed by atoms with Gasteiger partial charge >= 0.3 is 0 Å². The Hall–Kier alpha value is -0.590. The van der Waals surface area contributed by atoms with Gasteiger partial charge in [-0.2, -0.15) is 0 Å². The lowest BCUT2D eigenvalue weighted by Crippen LogP contribution is -2.24. The van der Waals surface area contributed by atoms with Crippen LogP contribution in [0.4, 0.5) is 0 Å². The summed E-state index contributed by atoms with van der Waals surface area (Å²) in [5.74, 6) is 0.808. The van der Waals surface area contributed by atoms with Gasteiger partial charge in [0.1, 0.15) is 0 Å². The highest BCUT2D eigenvalue weighted by atomic mass is 16.1. The number of carbonyl (C=O) groups is 1. The van der Waals surface area contributed by atoms with E-state index in [-0.39, 0.29) is 5.41 Å². The molecule has 0 aromatic rings. The zero-order chi connectivity index (χ0) is 9.35. The second-order valence-electron chi connectivity index (χ2n) is 4.60. The summed E-state index contributed by atoms with van der Waals surface area (Å²) in [4.78, 5) is 11.2. The maximum absolute atomic E-state index is 11.2. The van der Waals surface area contributed by atoms with E-state index in [1.165, 1.54) is 5.57 Å². The van der Waals surface area contributed by atoms with E-state index in [1.54, 1.807) is 0 Å². The monoisotopic (exact) mass is 166 g/mol. The first-order valence-electron chi connectivity index (χ1n) is 4.68. The Kier molecular flexibility index (Phi) is 2.41. The molecule has 0 saturated carbocycles. The summed E-state index contributed by atoms with van der Waals surface area (Å²) in [6.07, 6.45) is 3.59. The van der Waals surface area contributed by atoms with Gasteiger partial charge in [0, 0.05) is 6.42 Å². The number of hydrogen-bond donors (Lipinski definition) is 0. The Labute approximate surface area is 74.9 Å². The molecule has 0 radical (unpaired) electrons. The Bertz CT molecular complexity index is 221. The van der Waals surface area contributed by atoms with Gasteiger partial charge in [-0.3, -0.25) is 4.79 Å². The highest BCUT2D eigenvalue weighted by Crippen LogP contribution is 2.39. The van der Waals surface area contributed by atoms with Crippen LogP contribution >= 0.6 is 0 Å². The van der Waals surface area contributed by atoms with Crippen molar-refractivity contribution in [3.8, 4) is 0 Å². The normalized spacial score (nSPS) is 22.8. The molecule has 1 aliphatic rings. The molecule has 0 saturated heterocycles. The van der Waals surface area contributed by atoms with E-state index < -0.39 is 0 Å². The third-order valence-electron chi connectivity index (χ3n) is 2.72. The van der Waals surface area contributed by atoms with Crippen LogP contribution in [0.15, 0.2) is 11.6 Å². The van der Waals surface area contributed by atoms with Crippen molar-refractivity contribution >= 4 is 5.78 Å². The van der Waals surface area contributed by atoms with Gasteiger partial charge in [0.05, 0.1) is 0 Å². The summed E-state index contributed by atoms with van der Waals surface area (Å²) < 4.78 is 0. The number of carbonyl (C=O) groups excluding carboxylic acids is 1. The topological polar surface area (TPSA) is 17.1 Å². The van der Waals surface area contributed by atoms with Crippen molar-refractivity contribution in [1.82, 2.24) is 0 Å². The molecule has 0 aromatic carbocycles. The summed E-state index contributed by atoms with van der Waals surface area (Å²) in [7, 11) is 0. The maximum Gasteiger partial charge on any atom is 0.155 e. The van der Waals surface area contributed by atoms with E-state index in [1.807, 2.05) is 6.08 Å². The molecule has 0 N–H and O–H groups in total. The average Bonchev–Trinajstić information content (AvgIpc) is 1.94. The Morgan fingerprint density at radius 1 is 1.42 bits per heavy atom. The third kappa shape index (κ3) is 1.77. The fraction of sp³-hybridized carbons (Fsp3) is 0.727. The van der Waals surface area contributed by atoms with Crippen LogP contribution in [0.25, 0.3) is 0 Å². The van der Waals surface area contributed by atoms with Crippen molar-refractivity contribution in [2.75, 3.05) is 0 Å². The molecule has 0 bridgehead atoms. The van der Waals surface area contributed by atoms with Crippen molar-refractivity contribution in [3.63, 3.8) is 0 Å². The van der Waals surface area contributed by atoms with E-state index in [4.69, 9.17) is 0 Å². The molecule has 1 heteroatoms. The number of allylic oxidation sites excluding steroid dienone is 2. The van der Waals surface area contributed by atoms with Gasteiger partial charge in [-0.1, -0.05) is 33.3 Å². The lowest BCUT2D eigenvalue weighted by molar-refractivity contribution is -0.115. The molecule has 0 spiro atoms. The smallest absolute Gasteiger partial charge is 0.155 e. The minimum atomic E-state index is 0.238. The van der Waals surface area contributed by atoms with E-state index in [0.29, 0.717) is 11.7 Å². The van der Waals surface area contributed by atoms with Crippen LogP contribution in [0.2, 0.25) is 0 Å². The molecule has 1 rings (SSSR count). The third-order valence-corrected chi connectivity index (χ3v) is 2.72. The van der Waals surface area contributed by atoms with Gasteiger partial charge in [-0.25, -0.2) is 0 Å². The lowest BCUT2D eigenvalue weighted by Gasteiger charge is -2.33. The fourth-order valence-corrected chi connectivity index (χ4v) is 1.97. The molecular weight excluding hydrogens is 148 g/mol. The van der Waals surface area contributed by atoms with Gasteiger partial charge < -0.3 is 0 Å². The number of hydrogen-bond acceptors (Lipinski definition) is 1. The molecule has 1 nitrogen and oxygen atoms in total. The molecule has 1 aliphatic carbocycles. The Morgan fingerprint density at radius 2 is 2.00 bits per heavy atom. The quantitative estimate of drug-likeness (QED) is 0.585. The van der Waals surface area contributed by atoms with Crippen molar-refractivity contribution < 1.29 is 4.79 Å². The SMILES string of the molecule is CC(C)C1=CC(=O)CCC1(C)C. The van der Waals surface area contributed by atoms with Crippen molar-refractivity contribution in [2.45, 2.75) is 40.5 Å². The average molecular weight is 166 g/mol. The van der Waals surface area contributed by atoms with Crippen molar-refractivity contribution in [1.29, 1.82) is 0 Å². The van der Waals surface area contributed by atoms with E-state index in [0.717, 1.165) is 12.8 Å². The van der Waals surface area contributed by atoms with Crippen LogP contribution in [0, 0.1) is 11.3 Å². The summed E-state index contributed by atoms with van der Waals surface area (Å²) in [6.45, 7) is 8.77. The summed E-state index contributed by atoms with van der Waals surface area (Å²) in [5, 5.41) is 0. The molecule has 0 heterocycles. The second kappa shape index (κ2) is 3.04. The molecule has 12 heavy (non-hydrogen) atoms. The fourth-order valence-electron chi connectivity index (χ4n) is 1.97. The van der Waals surface area contributed by atoms with Crippen LogP contribution in [0.1, 0.15) is 40.5 Å². The molecule has 0 aromatic heterocycles. The van der Waals surface area contributed by atoms with Crippen molar-refractivity contribution in [2.24, 2.45) is 11.3 Å². The zero-order valence-corrected chi connectivity index (χ0v) is 8.48. The van der Waals surface area contributed by atoms with Gasteiger partial charge in [-0.05, 0) is 23.8 Å². The number of ketones is 1. The molecule has 0 fully saturated rings. The lowest BCUT2D eigenvalue weighted by atomic mass is 9.71. The highest BCUT2D eigenvalue weighted by molar-refractivity contribution is 5.91. The van der Waals surface area contributed by atoms with E-state index >= 15 is 0 Å². The van der Waals surface area contributed by atoms with E-state index in [9.17, 15) is 4.79 Å². The molecule has 0 atom stereocenters. The predicted octanol–water partition coefficient (Wildman–Crippen LogP) is 2.96.